The van der Waals surface area contributed by atoms with Crippen LogP contribution in [-0.2, 0) is 0 Å². The number of carbonyl (C=O) groups excluding carboxylic acids is 1. The number of carbonyl (C=O) groups is 1. The molecule has 3 N–H and O–H groups in total. The largest absolute Gasteiger partial charge is 0.385 e. The van der Waals surface area contributed by atoms with Gasteiger partial charge in [0.15, 0.2) is 5.50 Å². The number of hydrogen-bond acceptors (Lipinski definition) is 4. The lowest BCUT2D eigenvalue weighted by molar-refractivity contribution is 0.0948. The Morgan fingerprint density at radius 2 is 2.00 bits per heavy atom. The quantitative estimate of drug-likeness (QED) is 0.548. The number of allylic oxidation sites excluding steroid dienone is 1. The molecule has 1 atom stereocenters. The molecule has 1 unspecified atom stereocenters. The van der Waals surface area contributed by atoms with Crippen LogP contribution in [0, 0.1) is 0 Å². The highest BCUT2D eigenvalue weighted by Gasteiger charge is 2.23. The summed E-state index contributed by atoms with van der Waals surface area (Å²) >= 11 is 7.52. The first-order chi connectivity index (χ1) is 13.1. The molecular formula is C21H24ClN3OS. The van der Waals surface area contributed by atoms with Gasteiger partial charge in [0.2, 0.25) is 0 Å². The average molecular weight is 402 g/mol. The average Bonchev–Trinajstić information content (AvgIpc) is 2.99. The first kappa shape index (κ1) is 19.6. The van der Waals surface area contributed by atoms with Crippen LogP contribution in [0.5, 0.6) is 0 Å². The first-order valence-electron chi connectivity index (χ1n) is 9.12. The molecule has 27 heavy (non-hydrogen) atoms. The molecule has 1 heterocycles. The highest BCUT2D eigenvalue weighted by molar-refractivity contribution is 8.05. The summed E-state index contributed by atoms with van der Waals surface area (Å²) < 4.78 is 0.680. The fourth-order valence-electron chi connectivity index (χ4n) is 2.86. The van der Waals surface area contributed by atoms with E-state index in [0.717, 1.165) is 41.9 Å². The van der Waals surface area contributed by atoms with Gasteiger partial charge in [-0.2, -0.15) is 0 Å². The van der Waals surface area contributed by atoms with Crippen LogP contribution in [0.3, 0.4) is 0 Å². The van der Waals surface area contributed by atoms with Crippen molar-refractivity contribution < 1.29 is 4.79 Å². The summed E-state index contributed by atoms with van der Waals surface area (Å²) in [6.07, 6.45) is 2.25. The van der Waals surface area contributed by atoms with Gasteiger partial charge < -0.3 is 16.0 Å². The normalized spacial score (nSPS) is 16.2. The van der Waals surface area contributed by atoms with Gasteiger partial charge in [0.1, 0.15) is 0 Å². The predicted octanol–water partition coefficient (Wildman–Crippen LogP) is 5.34. The molecule has 2 aromatic rings. The summed E-state index contributed by atoms with van der Waals surface area (Å²) in [6.45, 7) is 4.98. The molecule has 6 heteroatoms. The molecule has 4 nitrogen and oxygen atoms in total. The van der Waals surface area contributed by atoms with Crippen molar-refractivity contribution in [3.8, 4) is 11.1 Å². The summed E-state index contributed by atoms with van der Waals surface area (Å²) in [5.74, 6) is -0.127. The van der Waals surface area contributed by atoms with E-state index in [1.54, 1.807) is 0 Å². The Kier molecular flexibility index (Phi) is 6.69. The Balaban J connectivity index is 1.84. The Hall–Kier alpha value is -2.11. The van der Waals surface area contributed by atoms with Gasteiger partial charge in [-0.05, 0) is 42.7 Å². The summed E-state index contributed by atoms with van der Waals surface area (Å²) in [4.78, 5) is 12.9. The van der Waals surface area contributed by atoms with E-state index in [2.05, 4.69) is 22.9 Å². The second-order valence-electron chi connectivity index (χ2n) is 6.42. The van der Waals surface area contributed by atoms with Crippen LogP contribution in [0.1, 0.15) is 37.0 Å². The van der Waals surface area contributed by atoms with E-state index in [9.17, 15) is 4.79 Å². The van der Waals surface area contributed by atoms with Crippen molar-refractivity contribution in [2.75, 3.05) is 11.9 Å². The lowest BCUT2D eigenvalue weighted by Gasteiger charge is -2.17. The topological polar surface area (TPSA) is 53.2 Å². The van der Waals surface area contributed by atoms with Gasteiger partial charge >= 0.3 is 0 Å². The molecule has 0 bridgehead atoms. The van der Waals surface area contributed by atoms with Crippen LogP contribution < -0.4 is 16.0 Å². The Morgan fingerprint density at radius 1 is 1.22 bits per heavy atom. The van der Waals surface area contributed by atoms with E-state index in [4.69, 9.17) is 11.6 Å². The third-order valence-electron chi connectivity index (χ3n) is 4.33. The number of nitrogens with one attached hydrogen (secondary N) is 3. The van der Waals surface area contributed by atoms with Gasteiger partial charge in [-0.25, -0.2) is 0 Å². The van der Waals surface area contributed by atoms with Crippen LogP contribution in [0.2, 0.25) is 0 Å². The summed E-state index contributed by atoms with van der Waals surface area (Å²) in [6, 6.07) is 15.9. The Labute approximate surface area is 169 Å². The number of anilines is 1. The molecule has 1 amide bonds. The fourth-order valence-corrected chi connectivity index (χ4v) is 4.02. The number of benzene rings is 2. The first-order valence-corrected chi connectivity index (χ1v) is 10.4. The predicted molar refractivity (Wildman–Crippen MR) is 116 cm³/mol. The minimum Gasteiger partial charge on any atom is -0.385 e. The number of rotatable bonds is 7. The van der Waals surface area contributed by atoms with E-state index in [0.29, 0.717) is 9.93 Å². The number of hydrogen-bond donors (Lipinski definition) is 3. The fraction of sp³-hybridized carbons (Fsp3) is 0.286. The van der Waals surface area contributed by atoms with E-state index >= 15 is 0 Å². The standard InChI is InChI=1S/C21H24ClN3OS/c1-3-4-12-23-16-10-11-17(18(13-16)15-8-6-5-7-9-15)20(26)25-21-24-14(2)19(22)27-21/h5-11,13,21,23-24H,3-4,12H2,1-2H3,(H,25,26). The van der Waals surface area contributed by atoms with Gasteiger partial charge in [0, 0.05) is 23.5 Å². The summed E-state index contributed by atoms with van der Waals surface area (Å²) in [5.41, 5.74) is 4.22. The molecule has 0 radical (unpaired) electrons. The number of unbranched alkanes of at least 4 members (excludes halogenated alkanes) is 1. The van der Waals surface area contributed by atoms with Crippen molar-refractivity contribution in [3.63, 3.8) is 0 Å². The van der Waals surface area contributed by atoms with E-state index < -0.39 is 0 Å². The zero-order valence-corrected chi connectivity index (χ0v) is 17.1. The minimum atomic E-state index is -0.254. The lowest BCUT2D eigenvalue weighted by atomic mass is 9.98. The Morgan fingerprint density at radius 3 is 2.67 bits per heavy atom. The lowest BCUT2D eigenvalue weighted by Crippen LogP contribution is -2.39. The van der Waals surface area contributed by atoms with Crippen molar-refractivity contribution in [2.45, 2.75) is 32.2 Å². The molecule has 0 aliphatic carbocycles. The van der Waals surface area contributed by atoms with Gasteiger partial charge in [0.25, 0.3) is 5.91 Å². The third-order valence-corrected chi connectivity index (χ3v) is 5.87. The number of amides is 1. The van der Waals surface area contributed by atoms with Crippen molar-refractivity contribution in [1.82, 2.24) is 10.6 Å². The van der Waals surface area contributed by atoms with Gasteiger partial charge in [-0.1, -0.05) is 67.0 Å². The van der Waals surface area contributed by atoms with Gasteiger partial charge in [0.05, 0.1) is 4.36 Å². The highest BCUT2D eigenvalue weighted by Crippen LogP contribution is 2.32. The zero-order valence-electron chi connectivity index (χ0n) is 15.5. The molecule has 1 aliphatic heterocycles. The third kappa shape index (κ3) is 4.99. The van der Waals surface area contributed by atoms with Crippen molar-refractivity contribution >= 4 is 35.0 Å². The van der Waals surface area contributed by atoms with Crippen LogP contribution in [0.25, 0.3) is 11.1 Å². The monoisotopic (exact) mass is 401 g/mol. The van der Waals surface area contributed by atoms with Crippen LogP contribution in [0.15, 0.2) is 58.6 Å². The summed E-state index contributed by atoms with van der Waals surface area (Å²) in [7, 11) is 0. The van der Waals surface area contributed by atoms with Crippen molar-refractivity contribution in [1.29, 1.82) is 0 Å². The van der Waals surface area contributed by atoms with Gasteiger partial charge in [-0.3, -0.25) is 4.79 Å². The molecule has 2 aromatic carbocycles. The van der Waals surface area contributed by atoms with Crippen molar-refractivity contribution in [2.24, 2.45) is 0 Å². The molecule has 142 valence electrons. The maximum Gasteiger partial charge on any atom is 0.254 e. The van der Waals surface area contributed by atoms with Crippen LogP contribution in [0.4, 0.5) is 5.69 Å². The number of halogens is 1. The molecule has 0 saturated heterocycles. The Bertz CT molecular complexity index is 825. The van der Waals surface area contributed by atoms with Gasteiger partial charge in [-0.15, -0.1) is 0 Å². The molecule has 1 aliphatic rings. The smallest absolute Gasteiger partial charge is 0.254 e. The maximum absolute atomic E-state index is 12.9. The van der Waals surface area contributed by atoms with Crippen LogP contribution >= 0.6 is 23.4 Å². The minimum absolute atomic E-state index is 0.127. The maximum atomic E-state index is 12.9. The van der Waals surface area contributed by atoms with E-state index in [1.807, 2.05) is 55.5 Å². The second-order valence-corrected chi connectivity index (χ2v) is 8.14. The SMILES string of the molecule is CCCCNc1ccc(C(=O)NC2NC(C)=C(Cl)S2)c(-c2ccccc2)c1. The van der Waals surface area contributed by atoms with E-state index in [-0.39, 0.29) is 11.4 Å². The molecule has 0 aromatic heterocycles. The highest BCUT2D eigenvalue weighted by atomic mass is 35.5. The zero-order chi connectivity index (χ0) is 19.2. The second kappa shape index (κ2) is 9.20. The molecule has 0 saturated carbocycles. The molecule has 0 fully saturated rings. The molecule has 3 rings (SSSR count). The number of thioether (sulfide) groups is 1. The molecular weight excluding hydrogens is 378 g/mol. The summed E-state index contributed by atoms with van der Waals surface area (Å²) in [5, 5.41) is 9.61. The van der Waals surface area contributed by atoms with Crippen LogP contribution in [-0.4, -0.2) is 17.9 Å². The van der Waals surface area contributed by atoms with Crippen molar-refractivity contribution in [3.05, 3.63) is 64.2 Å². The van der Waals surface area contributed by atoms with E-state index in [1.165, 1.54) is 11.8 Å². The molecule has 0 spiro atoms.